The van der Waals surface area contributed by atoms with Gasteiger partial charge < -0.3 is 21.7 Å². The number of benzene rings is 1. The Balaban J connectivity index is 3.67. The summed E-state index contributed by atoms with van der Waals surface area (Å²) in [5, 5.41) is 18.6. The molecule has 25 heavy (non-hydrogen) atoms. The van der Waals surface area contributed by atoms with E-state index < -0.39 is 46.9 Å². The average Bonchev–Trinajstić information content (AvgIpc) is 2.47. The van der Waals surface area contributed by atoms with E-state index in [0.29, 0.717) is 24.3 Å². The lowest BCUT2D eigenvalue weighted by Crippen LogP contribution is -2.53. The van der Waals surface area contributed by atoms with Crippen LogP contribution in [0.2, 0.25) is 0 Å². The van der Waals surface area contributed by atoms with Crippen molar-refractivity contribution < 1.29 is 36.6 Å². The summed E-state index contributed by atoms with van der Waals surface area (Å²) in [5.74, 6) is -0.662. The van der Waals surface area contributed by atoms with Gasteiger partial charge in [0.15, 0.2) is 0 Å². The maximum absolute atomic E-state index is 13.5. The number of alkyl halides is 6. The number of hydrogen-bond acceptors (Lipinski definition) is 4. The largest absolute Gasteiger partial charge is 0.506 e. The highest BCUT2D eigenvalue weighted by molar-refractivity contribution is 5.56. The smallest absolute Gasteiger partial charge is 0.410 e. The molecule has 10 heteroatoms. The monoisotopic (exact) mass is 370 g/mol. The van der Waals surface area contributed by atoms with Crippen LogP contribution in [-0.4, -0.2) is 34.7 Å². The summed E-state index contributed by atoms with van der Waals surface area (Å²) in [7, 11) is 0. The van der Waals surface area contributed by atoms with Crippen molar-refractivity contribution in [1.29, 1.82) is 0 Å². The maximum Gasteiger partial charge on any atom is 0.410 e. The van der Waals surface area contributed by atoms with Crippen LogP contribution in [0, 0.1) is 0 Å². The van der Waals surface area contributed by atoms with Gasteiger partial charge in [-0.05, 0) is 17.7 Å². The fourth-order valence-electron chi connectivity index (χ4n) is 2.10. The molecule has 2 atom stereocenters. The maximum atomic E-state index is 13.5. The number of hydrogen-bond donors (Lipinski definition) is 4. The van der Waals surface area contributed by atoms with Crippen molar-refractivity contribution in [2.45, 2.75) is 29.9 Å². The van der Waals surface area contributed by atoms with E-state index in [9.17, 15) is 36.6 Å². The van der Waals surface area contributed by atoms with Gasteiger partial charge >= 0.3 is 12.4 Å². The molecular formula is C15H16F6N2O2. The zero-order valence-electron chi connectivity index (χ0n) is 12.6. The van der Waals surface area contributed by atoms with E-state index in [1.54, 1.807) is 0 Å². The summed E-state index contributed by atoms with van der Waals surface area (Å²) in [6, 6.07) is -0.0673. The van der Waals surface area contributed by atoms with E-state index in [-0.39, 0.29) is 6.08 Å². The molecule has 2 unspecified atom stereocenters. The van der Waals surface area contributed by atoms with Gasteiger partial charge in [-0.2, -0.15) is 26.3 Å². The molecule has 0 saturated carbocycles. The lowest BCUT2D eigenvalue weighted by molar-refractivity contribution is -0.286. The van der Waals surface area contributed by atoms with Gasteiger partial charge in [0.1, 0.15) is 5.75 Å². The van der Waals surface area contributed by atoms with Crippen molar-refractivity contribution in [3.63, 3.8) is 0 Å². The van der Waals surface area contributed by atoms with Gasteiger partial charge in [-0.1, -0.05) is 24.3 Å². The molecule has 0 aliphatic heterocycles. The van der Waals surface area contributed by atoms with Crippen LogP contribution in [-0.2, 0) is 5.41 Å². The van der Waals surface area contributed by atoms with Crippen LogP contribution in [0.25, 0.3) is 0 Å². The number of nitrogen functional groups attached to an aromatic ring is 1. The number of halogens is 6. The van der Waals surface area contributed by atoms with Crippen molar-refractivity contribution in [2.75, 3.05) is 5.73 Å². The lowest BCUT2D eigenvalue weighted by atomic mass is 9.77. The molecule has 0 aliphatic rings. The molecule has 1 aromatic carbocycles. The number of phenols is 1. The number of allylic oxidation sites excluding steroid dienone is 1. The van der Waals surface area contributed by atoms with Crippen molar-refractivity contribution in [3.8, 4) is 5.75 Å². The van der Waals surface area contributed by atoms with Crippen LogP contribution < -0.4 is 11.5 Å². The topological polar surface area (TPSA) is 92.5 Å². The fourth-order valence-corrected chi connectivity index (χ4v) is 2.10. The van der Waals surface area contributed by atoms with E-state index in [2.05, 4.69) is 6.58 Å². The van der Waals surface area contributed by atoms with E-state index in [1.807, 2.05) is 0 Å². The summed E-state index contributed by atoms with van der Waals surface area (Å²) < 4.78 is 81.1. The van der Waals surface area contributed by atoms with Crippen molar-refractivity contribution in [2.24, 2.45) is 5.73 Å². The quantitative estimate of drug-likeness (QED) is 0.278. The molecule has 0 heterocycles. The summed E-state index contributed by atoms with van der Waals surface area (Å²) in [6.07, 6.45) is -12.0. The van der Waals surface area contributed by atoms with Crippen molar-refractivity contribution in [3.05, 3.63) is 48.6 Å². The van der Waals surface area contributed by atoms with Crippen LogP contribution in [0.4, 0.5) is 32.0 Å². The third kappa shape index (κ3) is 3.90. The van der Waals surface area contributed by atoms with Gasteiger partial charge in [-0.25, -0.2) is 0 Å². The molecule has 0 amide bonds. The first kappa shape index (κ1) is 20.8. The minimum absolute atomic E-state index is 0.170. The van der Waals surface area contributed by atoms with E-state index >= 15 is 0 Å². The minimum Gasteiger partial charge on any atom is -0.506 e. The Morgan fingerprint density at radius 3 is 2.00 bits per heavy atom. The van der Waals surface area contributed by atoms with E-state index in [4.69, 9.17) is 11.5 Å². The highest BCUT2D eigenvalue weighted by atomic mass is 19.4. The first-order valence-electron chi connectivity index (χ1n) is 6.76. The number of anilines is 1. The van der Waals surface area contributed by atoms with Crippen molar-refractivity contribution >= 4 is 5.69 Å². The molecule has 0 saturated heterocycles. The highest BCUT2D eigenvalue weighted by Gasteiger charge is 2.70. The Morgan fingerprint density at radius 1 is 1.08 bits per heavy atom. The second kappa shape index (κ2) is 6.96. The Bertz CT molecular complexity index is 640. The van der Waals surface area contributed by atoms with Gasteiger partial charge in [0.05, 0.1) is 17.8 Å². The molecule has 0 aromatic heterocycles. The fraction of sp³-hybridized carbons (Fsp3) is 0.333. The van der Waals surface area contributed by atoms with Gasteiger partial charge in [0.25, 0.3) is 0 Å². The number of aliphatic hydroxyl groups is 1. The van der Waals surface area contributed by atoms with Crippen LogP contribution in [0.5, 0.6) is 5.75 Å². The first-order valence-corrected chi connectivity index (χ1v) is 6.76. The Kier molecular flexibility index (Phi) is 5.81. The third-order valence-electron chi connectivity index (χ3n) is 3.58. The van der Waals surface area contributed by atoms with E-state index in [0.717, 1.165) is 6.08 Å². The van der Waals surface area contributed by atoms with Gasteiger partial charge in [0, 0.05) is 0 Å². The van der Waals surface area contributed by atoms with Crippen molar-refractivity contribution in [1.82, 2.24) is 0 Å². The molecule has 6 N–H and O–H groups in total. The summed E-state index contributed by atoms with van der Waals surface area (Å²) >= 11 is 0. The molecular weight excluding hydrogens is 354 g/mol. The number of rotatable bonds is 5. The Hall–Kier alpha value is -2.20. The predicted molar refractivity (Wildman–Crippen MR) is 79.6 cm³/mol. The number of nitrogens with two attached hydrogens (primary N) is 2. The Morgan fingerprint density at radius 2 is 1.60 bits per heavy atom. The second-order valence-corrected chi connectivity index (χ2v) is 5.24. The molecule has 140 valence electrons. The second-order valence-electron chi connectivity index (χ2n) is 5.24. The van der Waals surface area contributed by atoms with Crippen LogP contribution >= 0.6 is 0 Å². The van der Waals surface area contributed by atoms with Gasteiger partial charge in [-0.15, -0.1) is 6.58 Å². The molecule has 0 aliphatic carbocycles. The molecule has 1 rings (SSSR count). The normalized spacial score (nSPS) is 16.0. The third-order valence-corrected chi connectivity index (χ3v) is 3.58. The van der Waals surface area contributed by atoms with E-state index in [1.165, 1.54) is 0 Å². The summed E-state index contributed by atoms with van der Waals surface area (Å²) in [4.78, 5) is 0. The zero-order chi connectivity index (χ0) is 19.6. The molecule has 0 radical (unpaired) electrons. The van der Waals surface area contributed by atoms with Crippen LogP contribution in [0.15, 0.2) is 43.0 Å². The standard InChI is InChI=1S/C15H16F6N2O2/c1-2-11(24)9(22)5-6-13(14(16,17)18,15(19,20)21)8-3-4-12(25)10(23)7-8/h2-7,9,11,24-25H,1,22-23H2/b6-5+. The zero-order valence-corrected chi connectivity index (χ0v) is 12.6. The minimum atomic E-state index is -5.80. The van der Waals surface area contributed by atoms with Gasteiger partial charge in [-0.3, -0.25) is 0 Å². The molecule has 0 bridgehead atoms. The Labute approximate surface area is 139 Å². The van der Waals surface area contributed by atoms with Crippen LogP contribution in [0.3, 0.4) is 0 Å². The van der Waals surface area contributed by atoms with Gasteiger partial charge in [0.2, 0.25) is 5.41 Å². The number of aliphatic hydroxyl groups excluding tert-OH is 1. The summed E-state index contributed by atoms with van der Waals surface area (Å²) in [5.41, 5.74) is 4.25. The molecule has 1 aromatic rings. The van der Waals surface area contributed by atoms with Crippen LogP contribution in [0.1, 0.15) is 5.56 Å². The lowest BCUT2D eigenvalue weighted by Gasteiger charge is -2.36. The molecule has 0 fully saturated rings. The predicted octanol–water partition coefficient (Wildman–Crippen LogP) is 2.77. The first-order chi connectivity index (χ1) is 11.3. The SMILES string of the molecule is C=CC(O)C(N)/C=C/C(c1ccc(O)c(N)c1)(C(F)(F)F)C(F)(F)F. The highest BCUT2D eigenvalue weighted by Crippen LogP contribution is 2.53. The summed E-state index contributed by atoms with van der Waals surface area (Å²) in [6.45, 7) is 3.15. The number of phenolic OH excluding ortho intramolecular Hbond substituents is 1. The number of aromatic hydroxyl groups is 1. The molecule has 4 nitrogen and oxygen atoms in total. The average molecular weight is 370 g/mol. The molecule has 0 spiro atoms.